The van der Waals surface area contributed by atoms with Crippen molar-refractivity contribution in [3.05, 3.63) is 76.0 Å². The second-order valence-electron chi connectivity index (χ2n) is 5.95. The van der Waals surface area contributed by atoms with Crippen molar-refractivity contribution in [3.8, 4) is 0 Å². The molecule has 0 saturated heterocycles. The molecule has 0 fully saturated rings. The van der Waals surface area contributed by atoms with Gasteiger partial charge in [-0.1, -0.05) is 47.5 Å². The second-order valence-corrected chi connectivity index (χ2v) is 6.38. The van der Waals surface area contributed by atoms with Crippen LogP contribution in [-0.4, -0.2) is 11.9 Å². The molecular weight excluding hydrogens is 338 g/mol. The van der Waals surface area contributed by atoms with Crippen LogP contribution in [0.15, 0.2) is 59.8 Å². The molecule has 1 aliphatic heterocycles. The number of urea groups is 1. The summed E-state index contributed by atoms with van der Waals surface area (Å²) < 4.78 is 0. The standard InChI is InChI=1S/C19H18ClN3O2/c1-11-6-8-13(9-7-11)17-16(12(2)21-19(25)23-17)18(24)22-15-5-3-4-14(20)10-15/h3-10,17H,1-2H3,(H,22,24)(H2,21,23,25)/t17-/m1/s1. The third kappa shape index (κ3) is 3.83. The first-order valence-electron chi connectivity index (χ1n) is 7.86. The molecule has 0 bridgehead atoms. The predicted octanol–water partition coefficient (Wildman–Crippen LogP) is 3.92. The van der Waals surface area contributed by atoms with Crippen LogP contribution < -0.4 is 16.0 Å². The molecule has 6 heteroatoms. The number of aryl methyl sites for hydroxylation is 1. The molecule has 0 radical (unpaired) electrons. The fourth-order valence-electron chi connectivity index (χ4n) is 2.77. The van der Waals surface area contributed by atoms with Gasteiger partial charge in [-0.25, -0.2) is 4.79 Å². The van der Waals surface area contributed by atoms with Gasteiger partial charge in [0.1, 0.15) is 0 Å². The summed E-state index contributed by atoms with van der Waals surface area (Å²) in [4.78, 5) is 24.7. The quantitative estimate of drug-likeness (QED) is 0.781. The van der Waals surface area contributed by atoms with E-state index >= 15 is 0 Å². The molecule has 0 aromatic heterocycles. The SMILES string of the molecule is CC1=C(C(=O)Nc2cccc(Cl)c2)[C@@H](c2ccc(C)cc2)NC(=O)N1. The third-order valence-corrected chi connectivity index (χ3v) is 4.24. The van der Waals surface area contributed by atoms with Crippen LogP contribution in [0.5, 0.6) is 0 Å². The molecule has 3 N–H and O–H groups in total. The molecule has 0 spiro atoms. The first kappa shape index (κ1) is 17.0. The summed E-state index contributed by atoms with van der Waals surface area (Å²) >= 11 is 5.97. The number of benzene rings is 2. The van der Waals surface area contributed by atoms with E-state index in [4.69, 9.17) is 11.6 Å². The zero-order valence-electron chi connectivity index (χ0n) is 13.9. The Morgan fingerprint density at radius 2 is 1.84 bits per heavy atom. The van der Waals surface area contributed by atoms with Gasteiger partial charge in [-0.15, -0.1) is 0 Å². The smallest absolute Gasteiger partial charge is 0.319 e. The van der Waals surface area contributed by atoms with E-state index in [0.29, 0.717) is 22.0 Å². The lowest BCUT2D eigenvalue weighted by Crippen LogP contribution is -2.45. The molecule has 0 aliphatic carbocycles. The number of allylic oxidation sites excluding steroid dienone is 1. The minimum Gasteiger partial charge on any atom is -0.327 e. The number of halogens is 1. The van der Waals surface area contributed by atoms with Crippen LogP contribution in [0.25, 0.3) is 0 Å². The number of hydrogen-bond donors (Lipinski definition) is 3. The highest BCUT2D eigenvalue weighted by atomic mass is 35.5. The fraction of sp³-hybridized carbons (Fsp3) is 0.158. The normalized spacial score (nSPS) is 16.9. The Bertz CT molecular complexity index is 859. The molecule has 2 aromatic rings. The summed E-state index contributed by atoms with van der Waals surface area (Å²) in [5, 5.41) is 8.85. The van der Waals surface area contributed by atoms with E-state index in [0.717, 1.165) is 11.1 Å². The van der Waals surface area contributed by atoms with Gasteiger partial charge in [0.2, 0.25) is 0 Å². The highest BCUT2D eigenvalue weighted by Crippen LogP contribution is 2.28. The molecule has 1 heterocycles. The van der Waals surface area contributed by atoms with Crippen molar-refractivity contribution >= 4 is 29.2 Å². The van der Waals surface area contributed by atoms with Crippen LogP contribution >= 0.6 is 11.6 Å². The Morgan fingerprint density at radius 3 is 2.52 bits per heavy atom. The van der Waals surface area contributed by atoms with Crippen LogP contribution in [0.1, 0.15) is 24.1 Å². The van der Waals surface area contributed by atoms with E-state index in [1.165, 1.54) is 0 Å². The maximum atomic E-state index is 12.8. The van der Waals surface area contributed by atoms with Crippen LogP contribution in [0.4, 0.5) is 10.5 Å². The van der Waals surface area contributed by atoms with Crippen LogP contribution in [0.3, 0.4) is 0 Å². The summed E-state index contributed by atoms with van der Waals surface area (Å²) in [5.41, 5.74) is 3.53. The van der Waals surface area contributed by atoms with Crippen molar-refractivity contribution in [2.45, 2.75) is 19.9 Å². The minimum absolute atomic E-state index is 0.294. The molecule has 2 aromatic carbocycles. The molecule has 1 atom stereocenters. The summed E-state index contributed by atoms with van der Waals surface area (Å²) in [6, 6.07) is 13.8. The van der Waals surface area contributed by atoms with Crippen molar-refractivity contribution in [3.63, 3.8) is 0 Å². The largest absolute Gasteiger partial charge is 0.327 e. The van der Waals surface area contributed by atoms with Crippen molar-refractivity contribution in [1.82, 2.24) is 10.6 Å². The van der Waals surface area contributed by atoms with E-state index in [2.05, 4.69) is 16.0 Å². The van der Waals surface area contributed by atoms with Crippen LogP contribution in [0, 0.1) is 6.92 Å². The van der Waals surface area contributed by atoms with Gasteiger partial charge in [0.05, 0.1) is 11.6 Å². The number of carbonyl (C=O) groups is 2. The molecule has 128 valence electrons. The maximum absolute atomic E-state index is 12.8. The van der Waals surface area contributed by atoms with Gasteiger partial charge >= 0.3 is 6.03 Å². The zero-order valence-corrected chi connectivity index (χ0v) is 14.6. The summed E-state index contributed by atoms with van der Waals surface area (Å²) in [5.74, 6) is -0.294. The summed E-state index contributed by atoms with van der Waals surface area (Å²) in [6.07, 6.45) is 0. The molecule has 5 nitrogen and oxygen atoms in total. The molecule has 25 heavy (non-hydrogen) atoms. The number of amides is 3. The van der Waals surface area contributed by atoms with E-state index in [-0.39, 0.29) is 11.9 Å². The number of hydrogen-bond acceptors (Lipinski definition) is 2. The second kappa shape index (κ2) is 6.99. The summed E-state index contributed by atoms with van der Waals surface area (Å²) in [7, 11) is 0. The minimum atomic E-state index is -0.520. The van der Waals surface area contributed by atoms with Crippen molar-refractivity contribution in [1.29, 1.82) is 0 Å². The molecule has 0 saturated carbocycles. The third-order valence-electron chi connectivity index (χ3n) is 4.01. The number of anilines is 1. The van der Waals surface area contributed by atoms with Gasteiger partial charge in [0.15, 0.2) is 0 Å². The molecule has 1 aliphatic rings. The molecular formula is C19H18ClN3O2. The monoisotopic (exact) mass is 355 g/mol. The Labute approximate surface area is 151 Å². The molecule has 3 rings (SSSR count). The van der Waals surface area contributed by atoms with Gasteiger partial charge in [-0.3, -0.25) is 4.79 Å². The predicted molar refractivity (Wildman–Crippen MR) is 98.4 cm³/mol. The first-order chi connectivity index (χ1) is 11.9. The van der Waals surface area contributed by atoms with E-state index in [1.54, 1.807) is 31.2 Å². The zero-order chi connectivity index (χ0) is 18.0. The lowest BCUT2D eigenvalue weighted by atomic mass is 9.94. The first-order valence-corrected chi connectivity index (χ1v) is 8.23. The van der Waals surface area contributed by atoms with Crippen molar-refractivity contribution in [2.75, 3.05) is 5.32 Å². The Balaban J connectivity index is 1.94. The van der Waals surface area contributed by atoms with Gasteiger partial charge < -0.3 is 16.0 Å². The van der Waals surface area contributed by atoms with Gasteiger partial charge in [-0.05, 0) is 37.6 Å². The Morgan fingerprint density at radius 1 is 1.12 bits per heavy atom. The van der Waals surface area contributed by atoms with Gasteiger partial charge in [0.25, 0.3) is 5.91 Å². The van der Waals surface area contributed by atoms with Crippen molar-refractivity contribution < 1.29 is 9.59 Å². The van der Waals surface area contributed by atoms with E-state index < -0.39 is 6.04 Å². The highest BCUT2D eigenvalue weighted by molar-refractivity contribution is 6.31. The Kier molecular flexibility index (Phi) is 4.76. The van der Waals surface area contributed by atoms with Crippen LogP contribution in [0.2, 0.25) is 5.02 Å². The lowest BCUT2D eigenvalue weighted by molar-refractivity contribution is -0.113. The number of carbonyl (C=O) groups excluding carboxylic acids is 2. The maximum Gasteiger partial charge on any atom is 0.319 e. The fourth-order valence-corrected chi connectivity index (χ4v) is 2.96. The van der Waals surface area contributed by atoms with E-state index in [9.17, 15) is 9.59 Å². The summed E-state index contributed by atoms with van der Waals surface area (Å²) in [6.45, 7) is 3.70. The molecule has 0 unspecified atom stereocenters. The van der Waals surface area contributed by atoms with Crippen molar-refractivity contribution in [2.24, 2.45) is 0 Å². The average molecular weight is 356 g/mol. The molecule has 3 amide bonds. The van der Waals surface area contributed by atoms with E-state index in [1.807, 2.05) is 31.2 Å². The van der Waals surface area contributed by atoms with Gasteiger partial charge in [-0.2, -0.15) is 0 Å². The topological polar surface area (TPSA) is 70.2 Å². The number of rotatable bonds is 3. The lowest BCUT2D eigenvalue weighted by Gasteiger charge is -2.28. The highest BCUT2D eigenvalue weighted by Gasteiger charge is 2.31. The Hall–Kier alpha value is -2.79. The average Bonchev–Trinajstić information content (AvgIpc) is 2.54. The number of nitrogens with one attached hydrogen (secondary N) is 3. The van der Waals surface area contributed by atoms with Crippen LogP contribution in [-0.2, 0) is 4.79 Å². The van der Waals surface area contributed by atoms with Gasteiger partial charge in [0, 0.05) is 16.4 Å².